The Labute approximate surface area is 190 Å². The van der Waals surface area contributed by atoms with E-state index < -0.39 is 28.4 Å². The lowest BCUT2D eigenvalue weighted by Gasteiger charge is -2.26. The van der Waals surface area contributed by atoms with Gasteiger partial charge >= 0.3 is 5.97 Å². The number of nitrogens with zero attached hydrogens (tertiary/aromatic N) is 2. The number of aromatic nitrogens is 1. The first-order chi connectivity index (χ1) is 15.8. The molecule has 33 heavy (non-hydrogen) atoms. The summed E-state index contributed by atoms with van der Waals surface area (Å²) in [4.78, 5) is 26.7. The fourth-order valence-electron chi connectivity index (χ4n) is 3.65. The van der Waals surface area contributed by atoms with Crippen molar-refractivity contribution in [2.75, 3.05) is 19.6 Å². The molecule has 2 heterocycles. The standard InChI is InChI=1S/C23H21N3O6S/c27-20-12-18(13-24-22(20)23(30)25-14-21(28)29)16-7-9-26(10-8-16)33(31,32)19-6-5-15-3-1-2-4-17(15)11-19/h1-7,11-13,27H,8-10,14H2,(H,25,30)(H,28,29). The van der Waals surface area contributed by atoms with Crippen molar-refractivity contribution in [3.05, 3.63) is 72.1 Å². The predicted molar refractivity (Wildman–Crippen MR) is 121 cm³/mol. The predicted octanol–water partition coefficient (Wildman–Crippen LogP) is 2.23. The molecule has 1 aliphatic rings. The number of carbonyl (C=O) groups is 2. The Bertz CT molecular complexity index is 1380. The van der Waals surface area contributed by atoms with Crippen LogP contribution < -0.4 is 5.32 Å². The van der Waals surface area contributed by atoms with Crippen molar-refractivity contribution in [3.63, 3.8) is 0 Å². The summed E-state index contributed by atoms with van der Waals surface area (Å²) in [6, 6.07) is 14.0. The largest absolute Gasteiger partial charge is 0.505 e. The summed E-state index contributed by atoms with van der Waals surface area (Å²) < 4.78 is 27.6. The molecule has 1 aliphatic heterocycles. The maximum Gasteiger partial charge on any atom is 0.322 e. The maximum absolute atomic E-state index is 13.1. The zero-order valence-corrected chi connectivity index (χ0v) is 18.2. The van der Waals surface area contributed by atoms with Gasteiger partial charge in [0, 0.05) is 19.3 Å². The zero-order chi connectivity index (χ0) is 23.6. The lowest BCUT2D eigenvalue weighted by molar-refractivity contribution is -0.135. The first-order valence-electron chi connectivity index (χ1n) is 10.1. The number of hydrogen-bond acceptors (Lipinski definition) is 6. The molecule has 0 atom stereocenters. The summed E-state index contributed by atoms with van der Waals surface area (Å²) in [5.74, 6) is -2.40. The van der Waals surface area contributed by atoms with Crippen LogP contribution in [0.5, 0.6) is 5.75 Å². The Balaban J connectivity index is 1.50. The highest BCUT2D eigenvalue weighted by Gasteiger charge is 2.27. The molecule has 0 aliphatic carbocycles. The molecule has 9 nitrogen and oxygen atoms in total. The Morgan fingerprint density at radius 2 is 1.85 bits per heavy atom. The Hall–Kier alpha value is -3.76. The molecule has 0 bridgehead atoms. The third kappa shape index (κ3) is 4.71. The van der Waals surface area contributed by atoms with Gasteiger partial charge in [0.25, 0.3) is 5.91 Å². The van der Waals surface area contributed by atoms with Crippen LogP contribution in [0.25, 0.3) is 16.3 Å². The van der Waals surface area contributed by atoms with Gasteiger partial charge in [-0.25, -0.2) is 13.4 Å². The fourth-order valence-corrected chi connectivity index (χ4v) is 5.07. The molecule has 3 aromatic rings. The van der Waals surface area contributed by atoms with Gasteiger partial charge in [-0.3, -0.25) is 9.59 Å². The number of nitrogens with one attached hydrogen (secondary N) is 1. The summed E-state index contributed by atoms with van der Waals surface area (Å²) in [7, 11) is -3.68. The minimum Gasteiger partial charge on any atom is -0.505 e. The highest BCUT2D eigenvalue weighted by atomic mass is 32.2. The van der Waals surface area contributed by atoms with E-state index in [1.807, 2.05) is 24.3 Å². The van der Waals surface area contributed by atoms with E-state index >= 15 is 0 Å². The normalized spacial score (nSPS) is 14.6. The molecule has 1 amide bonds. The highest BCUT2D eigenvalue weighted by molar-refractivity contribution is 7.89. The summed E-state index contributed by atoms with van der Waals surface area (Å²) in [6.45, 7) is -0.177. The molecule has 4 rings (SSSR count). The highest BCUT2D eigenvalue weighted by Crippen LogP contribution is 2.29. The third-order valence-electron chi connectivity index (χ3n) is 5.38. The van der Waals surface area contributed by atoms with Crippen molar-refractivity contribution in [1.82, 2.24) is 14.6 Å². The van der Waals surface area contributed by atoms with E-state index in [2.05, 4.69) is 10.3 Å². The monoisotopic (exact) mass is 467 g/mol. The summed E-state index contributed by atoms with van der Waals surface area (Å²) in [5, 5.41) is 22.8. The molecule has 170 valence electrons. The van der Waals surface area contributed by atoms with Crippen molar-refractivity contribution >= 4 is 38.2 Å². The summed E-state index contributed by atoms with van der Waals surface area (Å²) in [5.41, 5.74) is 1.07. The smallest absolute Gasteiger partial charge is 0.322 e. The average molecular weight is 468 g/mol. The van der Waals surface area contributed by atoms with Crippen LogP contribution >= 0.6 is 0 Å². The van der Waals surface area contributed by atoms with Gasteiger partial charge in [0.1, 0.15) is 12.3 Å². The quantitative estimate of drug-likeness (QED) is 0.506. The molecule has 0 saturated heterocycles. The number of sulfonamides is 1. The van der Waals surface area contributed by atoms with Crippen LogP contribution in [0.2, 0.25) is 0 Å². The van der Waals surface area contributed by atoms with Crippen LogP contribution in [-0.4, -0.2) is 59.4 Å². The van der Waals surface area contributed by atoms with Crippen LogP contribution in [0.4, 0.5) is 0 Å². The SMILES string of the molecule is O=C(O)CNC(=O)c1ncc(C2=CCN(S(=O)(=O)c3ccc4ccccc4c3)CC2)cc1O. The number of pyridine rings is 1. The summed E-state index contributed by atoms with van der Waals surface area (Å²) >= 11 is 0. The molecule has 3 N–H and O–H groups in total. The minimum atomic E-state index is -3.68. The maximum atomic E-state index is 13.1. The van der Waals surface area contributed by atoms with E-state index in [1.54, 1.807) is 24.3 Å². The zero-order valence-electron chi connectivity index (χ0n) is 17.4. The van der Waals surface area contributed by atoms with Crippen LogP contribution in [0.3, 0.4) is 0 Å². The van der Waals surface area contributed by atoms with Gasteiger partial charge < -0.3 is 15.5 Å². The van der Waals surface area contributed by atoms with Gasteiger partial charge in [0.05, 0.1) is 4.90 Å². The van der Waals surface area contributed by atoms with Gasteiger partial charge in [-0.15, -0.1) is 0 Å². The van der Waals surface area contributed by atoms with Crippen molar-refractivity contribution < 1.29 is 28.2 Å². The molecule has 0 fully saturated rings. The number of aromatic hydroxyl groups is 1. The van der Waals surface area contributed by atoms with Crippen LogP contribution in [0, 0.1) is 0 Å². The molecule has 0 radical (unpaired) electrons. The van der Waals surface area contributed by atoms with E-state index in [-0.39, 0.29) is 29.4 Å². The van der Waals surface area contributed by atoms with Gasteiger partial charge in [0.2, 0.25) is 10.0 Å². The first-order valence-corrected chi connectivity index (χ1v) is 11.6. The van der Waals surface area contributed by atoms with E-state index in [0.29, 0.717) is 12.0 Å². The van der Waals surface area contributed by atoms with E-state index in [0.717, 1.165) is 16.3 Å². The molecule has 2 aromatic carbocycles. The second kappa shape index (κ2) is 9.00. The molecule has 0 unspecified atom stereocenters. The number of rotatable bonds is 6. The minimum absolute atomic E-state index is 0.159. The average Bonchev–Trinajstić information content (AvgIpc) is 2.82. The number of hydrogen-bond donors (Lipinski definition) is 3. The van der Waals surface area contributed by atoms with E-state index in [4.69, 9.17) is 5.11 Å². The fraction of sp³-hybridized carbons (Fsp3) is 0.174. The van der Waals surface area contributed by atoms with Crippen molar-refractivity contribution in [3.8, 4) is 5.75 Å². The van der Waals surface area contributed by atoms with Gasteiger partial charge in [-0.1, -0.05) is 36.4 Å². The van der Waals surface area contributed by atoms with Gasteiger partial charge in [0.15, 0.2) is 5.69 Å². The van der Waals surface area contributed by atoms with Gasteiger partial charge in [-0.2, -0.15) is 4.31 Å². The Kier molecular flexibility index (Phi) is 6.12. The number of aliphatic carboxylic acids is 1. The van der Waals surface area contributed by atoms with Crippen LogP contribution in [0.1, 0.15) is 22.5 Å². The lowest BCUT2D eigenvalue weighted by atomic mass is 10.0. The first kappa shape index (κ1) is 22.4. The molecule has 0 saturated carbocycles. The lowest BCUT2D eigenvalue weighted by Crippen LogP contribution is -2.34. The molecular formula is C23H21N3O6S. The number of carboxylic acid groups (broad SMARTS) is 1. The Morgan fingerprint density at radius 3 is 2.52 bits per heavy atom. The number of fused-ring (bicyclic) bond motifs is 1. The number of carboxylic acids is 1. The second-order valence-corrected chi connectivity index (χ2v) is 9.46. The van der Waals surface area contributed by atoms with E-state index in [9.17, 15) is 23.1 Å². The molecular weight excluding hydrogens is 446 g/mol. The van der Waals surface area contributed by atoms with Crippen LogP contribution in [0.15, 0.2) is 65.7 Å². The number of amides is 1. The third-order valence-corrected chi connectivity index (χ3v) is 7.25. The van der Waals surface area contributed by atoms with Crippen LogP contribution in [-0.2, 0) is 14.8 Å². The molecule has 0 spiro atoms. The second-order valence-electron chi connectivity index (χ2n) is 7.52. The van der Waals surface area contributed by atoms with Crippen molar-refractivity contribution in [1.29, 1.82) is 0 Å². The molecule has 10 heteroatoms. The van der Waals surface area contributed by atoms with Crippen molar-refractivity contribution in [2.45, 2.75) is 11.3 Å². The van der Waals surface area contributed by atoms with Crippen molar-refractivity contribution in [2.24, 2.45) is 0 Å². The van der Waals surface area contributed by atoms with Gasteiger partial charge in [-0.05, 0) is 46.5 Å². The number of benzene rings is 2. The van der Waals surface area contributed by atoms with E-state index in [1.165, 1.54) is 16.6 Å². The number of carbonyl (C=O) groups excluding carboxylic acids is 1. The summed E-state index contributed by atoms with van der Waals surface area (Å²) in [6.07, 6.45) is 3.55. The molecule has 1 aromatic heterocycles. The topological polar surface area (TPSA) is 137 Å². The Morgan fingerprint density at radius 1 is 1.09 bits per heavy atom.